The van der Waals surface area contributed by atoms with Crippen LogP contribution in [0.1, 0.15) is 25.3 Å². The van der Waals surface area contributed by atoms with E-state index in [1.54, 1.807) is 6.92 Å². The van der Waals surface area contributed by atoms with E-state index in [4.69, 9.17) is 9.47 Å². The highest BCUT2D eigenvalue weighted by molar-refractivity contribution is 5.88. The SMILES string of the molecule is CCC(=O)OC1CN(C(=O)OCc2ccccc2)CCC1=O. The molecule has 6 nitrogen and oxygen atoms in total. The number of Topliss-reactive ketones (excluding diaryl/α,β-unsaturated/α-hetero) is 1. The Balaban J connectivity index is 1.87. The molecule has 0 bridgehead atoms. The van der Waals surface area contributed by atoms with Crippen LogP contribution in [-0.4, -0.2) is 41.9 Å². The molecule has 0 aliphatic carbocycles. The van der Waals surface area contributed by atoms with E-state index in [1.165, 1.54) is 4.90 Å². The first-order chi connectivity index (χ1) is 10.6. The van der Waals surface area contributed by atoms with Gasteiger partial charge in [0.25, 0.3) is 0 Å². The van der Waals surface area contributed by atoms with Crippen molar-refractivity contribution in [3.63, 3.8) is 0 Å². The van der Waals surface area contributed by atoms with Crippen LogP contribution in [0.15, 0.2) is 30.3 Å². The number of esters is 1. The number of hydrogen-bond donors (Lipinski definition) is 0. The summed E-state index contributed by atoms with van der Waals surface area (Å²) in [5.41, 5.74) is 0.887. The summed E-state index contributed by atoms with van der Waals surface area (Å²) in [6.07, 6.45) is -1.02. The number of ether oxygens (including phenoxy) is 2. The maximum atomic E-state index is 12.0. The van der Waals surface area contributed by atoms with E-state index in [9.17, 15) is 14.4 Å². The second-order valence-electron chi connectivity index (χ2n) is 5.03. The molecule has 1 aliphatic heterocycles. The van der Waals surface area contributed by atoms with E-state index in [2.05, 4.69) is 0 Å². The molecule has 0 saturated carbocycles. The van der Waals surface area contributed by atoms with Crippen molar-refractivity contribution in [1.29, 1.82) is 0 Å². The summed E-state index contributed by atoms with van der Waals surface area (Å²) in [5, 5.41) is 0. The van der Waals surface area contributed by atoms with Crippen molar-refractivity contribution in [3.05, 3.63) is 35.9 Å². The van der Waals surface area contributed by atoms with Crippen LogP contribution in [0.5, 0.6) is 0 Å². The number of carbonyl (C=O) groups is 3. The Morgan fingerprint density at radius 1 is 1.27 bits per heavy atom. The highest BCUT2D eigenvalue weighted by Crippen LogP contribution is 2.13. The van der Waals surface area contributed by atoms with Crippen molar-refractivity contribution < 1.29 is 23.9 Å². The Morgan fingerprint density at radius 2 is 2.00 bits per heavy atom. The van der Waals surface area contributed by atoms with Gasteiger partial charge >= 0.3 is 12.1 Å². The fraction of sp³-hybridized carbons (Fsp3) is 0.438. The van der Waals surface area contributed by atoms with Gasteiger partial charge in [-0.2, -0.15) is 0 Å². The van der Waals surface area contributed by atoms with Gasteiger partial charge in [0.15, 0.2) is 11.9 Å². The summed E-state index contributed by atoms with van der Waals surface area (Å²) >= 11 is 0. The van der Waals surface area contributed by atoms with Crippen LogP contribution >= 0.6 is 0 Å². The summed E-state index contributed by atoms with van der Waals surface area (Å²) in [4.78, 5) is 36.5. The van der Waals surface area contributed by atoms with Crippen LogP contribution in [0.2, 0.25) is 0 Å². The molecule has 0 N–H and O–H groups in total. The molecule has 1 amide bonds. The Kier molecular flexibility index (Phi) is 5.52. The maximum Gasteiger partial charge on any atom is 0.410 e. The molecule has 0 aromatic heterocycles. The number of amides is 1. The van der Waals surface area contributed by atoms with Gasteiger partial charge in [-0.15, -0.1) is 0 Å². The van der Waals surface area contributed by atoms with E-state index < -0.39 is 18.2 Å². The zero-order chi connectivity index (χ0) is 15.9. The van der Waals surface area contributed by atoms with Gasteiger partial charge in [-0.25, -0.2) is 4.79 Å². The number of nitrogens with zero attached hydrogens (tertiary/aromatic N) is 1. The lowest BCUT2D eigenvalue weighted by molar-refractivity contribution is -0.157. The molecule has 2 rings (SSSR count). The highest BCUT2D eigenvalue weighted by Gasteiger charge is 2.32. The first-order valence-electron chi connectivity index (χ1n) is 7.28. The lowest BCUT2D eigenvalue weighted by Gasteiger charge is -2.30. The molecule has 1 aromatic rings. The van der Waals surface area contributed by atoms with Gasteiger partial charge in [-0.05, 0) is 5.56 Å². The first-order valence-corrected chi connectivity index (χ1v) is 7.28. The number of ketones is 1. The fourth-order valence-electron chi connectivity index (χ4n) is 2.12. The normalized spacial score (nSPS) is 18.0. The summed E-state index contributed by atoms with van der Waals surface area (Å²) in [6, 6.07) is 9.33. The van der Waals surface area contributed by atoms with Crippen molar-refractivity contribution in [3.8, 4) is 0 Å². The molecule has 22 heavy (non-hydrogen) atoms. The molecule has 1 heterocycles. The summed E-state index contributed by atoms with van der Waals surface area (Å²) in [6.45, 7) is 2.16. The summed E-state index contributed by atoms with van der Waals surface area (Å²) in [7, 11) is 0. The zero-order valence-corrected chi connectivity index (χ0v) is 12.5. The largest absolute Gasteiger partial charge is 0.452 e. The highest BCUT2D eigenvalue weighted by atomic mass is 16.6. The van der Waals surface area contributed by atoms with Crippen LogP contribution in [0.4, 0.5) is 4.79 Å². The second-order valence-corrected chi connectivity index (χ2v) is 5.03. The van der Waals surface area contributed by atoms with Crippen LogP contribution in [-0.2, 0) is 25.7 Å². The molecule has 1 unspecified atom stereocenters. The number of likely N-dealkylation sites (tertiary alicyclic amines) is 1. The minimum atomic E-state index is -0.884. The lowest BCUT2D eigenvalue weighted by Crippen LogP contribution is -2.48. The minimum Gasteiger partial charge on any atom is -0.452 e. The van der Waals surface area contributed by atoms with E-state index in [0.29, 0.717) is 0 Å². The van der Waals surface area contributed by atoms with Gasteiger partial charge in [0.2, 0.25) is 0 Å². The summed E-state index contributed by atoms with van der Waals surface area (Å²) in [5.74, 6) is -0.605. The number of hydrogen-bond acceptors (Lipinski definition) is 5. The van der Waals surface area contributed by atoms with Crippen LogP contribution in [0, 0.1) is 0 Å². The van der Waals surface area contributed by atoms with Gasteiger partial charge in [-0.3, -0.25) is 9.59 Å². The molecule has 1 aromatic carbocycles. The van der Waals surface area contributed by atoms with Gasteiger partial charge in [0.1, 0.15) is 6.61 Å². The number of piperidine rings is 1. The smallest absolute Gasteiger partial charge is 0.410 e. The van der Waals surface area contributed by atoms with Crippen molar-refractivity contribution in [2.24, 2.45) is 0 Å². The molecular weight excluding hydrogens is 286 g/mol. The van der Waals surface area contributed by atoms with Crippen LogP contribution in [0.25, 0.3) is 0 Å². The standard InChI is InChI=1S/C16H19NO5/c1-2-15(19)22-14-10-17(9-8-13(14)18)16(20)21-11-12-6-4-3-5-7-12/h3-7,14H,2,8-11H2,1H3. The van der Waals surface area contributed by atoms with E-state index in [1.807, 2.05) is 30.3 Å². The van der Waals surface area contributed by atoms with E-state index in [-0.39, 0.29) is 38.3 Å². The third kappa shape index (κ3) is 4.31. The zero-order valence-electron chi connectivity index (χ0n) is 12.5. The van der Waals surface area contributed by atoms with Crippen molar-refractivity contribution >= 4 is 17.8 Å². The van der Waals surface area contributed by atoms with Gasteiger partial charge in [0.05, 0.1) is 6.54 Å². The Bertz CT molecular complexity index is 543. The topological polar surface area (TPSA) is 72.9 Å². The predicted molar refractivity (Wildman–Crippen MR) is 78.0 cm³/mol. The van der Waals surface area contributed by atoms with Crippen molar-refractivity contribution in [2.75, 3.05) is 13.1 Å². The monoisotopic (exact) mass is 305 g/mol. The Hall–Kier alpha value is -2.37. The third-order valence-electron chi connectivity index (χ3n) is 3.40. The maximum absolute atomic E-state index is 12.0. The number of benzene rings is 1. The minimum absolute atomic E-state index is 0.0538. The van der Waals surface area contributed by atoms with Crippen LogP contribution < -0.4 is 0 Å². The van der Waals surface area contributed by atoms with Crippen LogP contribution in [0.3, 0.4) is 0 Å². The number of carbonyl (C=O) groups excluding carboxylic acids is 3. The molecule has 1 aliphatic rings. The fourth-order valence-corrected chi connectivity index (χ4v) is 2.12. The lowest BCUT2D eigenvalue weighted by atomic mass is 10.1. The van der Waals surface area contributed by atoms with Gasteiger partial charge < -0.3 is 14.4 Å². The molecular formula is C16H19NO5. The molecule has 1 atom stereocenters. The molecule has 0 spiro atoms. The van der Waals surface area contributed by atoms with E-state index in [0.717, 1.165) is 5.56 Å². The third-order valence-corrected chi connectivity index (χ3v) is 3.40. The molecule has 1 saturated heterocycles. The Labute approximate surface area is 129 Å². The average Bonchev–Trinajstić information content (AvgIpc) is 2.55. The van der Waals surface area contributed by atoms with Gasteiger partial charge in [-0.1, -0.05) is 37.3 Å². The Morgan fingerprint density at radius 3 is 2.68 bits per heavy atom. The first kappa shape index (κ1) is 16.0. The quantitative estimate of drug-likeness (QED) is 0.795. The van der Waals surface area contributed by atoms with Crippen molar-refractivity contribution in [2.45, 2.75) is 32.5 Å². The molecule has 6 heteroatoms. The van der Waals surface area contributed by atoms with Gasteiger partial charge in [0, 0.05) is 19.4 Å². The second kappa shape index (κ2) is 7.59. The average molecular weight is 305 g/mol. The number of rotatable bonds is 4. The molecule has 1 fully saturated rings. The van der Waals surface area contributed by atoms with Crippen molar-refractivity contribution in [1.82, 2.24) is 4.90 Å². The predicted octanol–water partition coefficient (Wildman–Crippen LogP) is 1.92. The van der Waals surface area contributed by atoms with E-state index >= 15 is 0 Å². The molecule has 0 radical (unpaired) electrons. The molecule has 118 valence electrons. The summed E-state index contributed by atoms with van der Waals surface area (Å²) < 4.78 is 10.3.